The third kappa shape index (κ3) is 5.59. The summed E-state index contributed by atoms with van der Waals surface area (Å²) in [5.74, 6) is 1.87. The van der Waals surface area contributed by atoms with E-state index in [0.717, 1.165) is 75.6 Å². The van der Waals surface area contributed by atoms with E-state index in [-0.39, 0.29) is 6.03 Å². The molecule has 6 heteroatoms. The third-order valence-corrected chi connectivity index (χ3v) is 6.76. The molecule has 2 aromatic rings. The van der Waals surface area contributed by atoms with Gasteiger partial charge in [-0.25, -0.2) is 14.8 Å². The molecule has 32 heavy (non-hydrogen) atoms. The number of urea groups is 1. The van der Waals surface area contributed by atoms with E-state index in [0.29, 0.717) is 6.04 Å². The smallest absolute Gasteiger partial charge is 0.317 e. The molecule has 1 saturated heterocycles. The van der Waals surface area contributed by atoms with Gasteiger partial charge in [0.2, 0.25) is 0 Å². The number of anilines is 1. The van der Waals surface area contributed by atoms with Crippen molar-refractivity contribution in [1.82, 2.24) is 20.2 Å². The second-order valence-electron chi connectivity index (χ2n) is 9.15. The molecule has 2 aliphatic rings. The zero-order valence-corrected chi connectivity index (χ0v) is 19.6. The lowest BCUT2D eigenvalue weighted by atomic mass is 9.96. The van der Waals surface area contributed by atoms with Gasteiger partial charge >= 0.3 is 6.03 Å². The van der Waals surface area contributed by atoms with E-state index < -0.39 is 0 Å². The lowest BCUT2D eigenvalue weighted by Gasteiger charge is -2.28. The Morgan fingerprint density at radius 2 is 1.78 bits per heavy atom. The van der Waals surface area contributed by atoms with Gasteiger partial charge in [-0.1, -0.05) is 56.5 Å². The zero-order valence-electron chi connectivity index (χ0n) is 19.6. The molecule has 0 unspecified atom stereocenters. The Bertz CT molecular complexity index is 895. The molecule has 1 aliphatic heterocycles. The Labute approximate surface area is 192 Å². The minimum atomic E-state index is 0.108. The molecule has 1 saturated carbocycles. The molecule has 1 N–H and O–H groups in total. The van der Waals surface area contributed by atoms with Crippen LogP contribution in [0.5, 0.6) is 0 Å². The first-order chi connectivity index (χ1) is 15.6. The number of carbonyl (C=O) groups is 1. The first-order valence-electron chi connectivity index (χ1n) is 12.3. The van der Waals surface area contributed by atoms with E-state index in [2.05, 4.69) is 47.5 Å². The van der Waals surface area contributed by atoms with Crippen LogP contribution in [-0.4, -0.2) is 53.1 Å². The van der Waals surface area contributed by atoms with Gasteiger partial charge in [0.05, 0.1) is 0 Å². The molecule has 2 fully saturated rings. The fraction of sp³-hybridized carbons (Fsp3) is 0.577. The number of hydrogen-bond acceptors (Lipinski definition) is 4. The second kappa shape index (κ2) is 10.8. The van der Waals surface area contributed by atoms with Gasteiger partial charge in [-0.05, 0) is 38.2 Å². The Morgan fingerprint density at radius 3 is 2.53 bits per heavy atom. The largest absolute Gasteiger partial charge is 0.354 e. The number of amides is 2. The van der Waals surface area contributed by atoms with Gasteiger partial charge in [-0.15, -0.1) is 0 Å². The summed E-state index contributed by atoms with van der Waals surface area (Å²) < 4.78 is 0. The van der Waals surface area contributed by atoms with Crippen molar-refractivity contribution in [1.29, 1.82) is 0 Å². The van der Waals surface area contributed by atoms with E-state index in [1.54, 1.807) is 0 Å². The summed E-state index contributed by atoms with van der Waals surface area (Å²) in [4.78, 5) is 26.9. The van der Waals surface area contributed by atoms with Gasteiger partial charge in [0.25, 0.3) is 0 Å². The highest BCUT2D eigenvalue weighted by Gasteiger charge is 2.25. The lowest BCUT2D eigenvalue weighted by Crippen LogP contribution is -2.46. The number of nitrogens with one attached hydrogen (secondary N) is 1. The summed E-state index contributed by atoms with van der Waals surface area (Å²) in [5, 5.41) is 3.29. The van der Waals surface area contributed by atoms with Crippen molar-refractivity contribution in [2.45, 2.75) is 71.3 Å². The maximum absolute atomic E-state index is 12.9. The molecule has 172 valence electrons. The Morgan fingerprint density at radius 1 is 1.00 bits per heavy atom. The van der Waals surface area contributed by atoms with Crippen molar-refractivity contribution in [3.8, 4) is 0 Å². The van der Waals surface area contributed by atoms with Crippen molar-refractivity contribution in [3.63, 3.8) is 0 Å². The number of aryl methyl sites for hydroxylation is 2. The van der Waals surface area contributed by atoms with Gasteiger partial charge in [0.15, 0.2) is 0 Å². The van der Waals surface area contributed by atoms with E-state index in [1.165, 1.54) is 30.4 Å². The highest BCUT2D eigenvalue weighted by molar-refractivity contribution is 5.74. The molecular formula is C26H37N5O. The summed E-state index contributed by atoms with van der Waals surface area (Å²) in [6.07, 6.45) is 8.68. The highest BCUT2D eigenvalue weighted by atomic mass is 16.2. The van der Waals surface area contributed by atoms with Crippen LogP contribution in [0, 0.1) is 6.92 Å². The lowest BCUT2D eigenvalue weighted by molar-refractivity contribution is 0.193. The maximum Gasteiger partial charge on any atom is 0.317 e. The molecule has 1 aromatic carbocycles. The fourth-order valence-corrected chi connectivity index (χ4v) is 5.02. The fourth-order valence-electron chi connectivity index (χ4n) is 5.02. The zero-order chi connectivity index (χ0) is 22.3. The summed E-state index contributed by atoms with van der Waals surface area (Å²) in [6, 6.07) is 11.0. The summed E-state index contributed by atoms with van der Waals surface area (Å²) in [6.45, 7) is 7.40. The first-order valence-corrected chi connectivity index (χ1v) is 12.3. The SMILES string of the molecule is CCc1nc(C)nc(N2CCCN(C(=O)NC3CCCCC3)CC2)c1Cc1ccccc1. The Balaban J connectivity index is 1.49. The van der Waals surface area contributed by atoms with Gasteiger partial charge in [-0.2, -0.15) is 0 Å². The molecule has 1 aliphatic carbocycles. The Kier molecular flexibility index (Phi) is 7.61. The number of rotatable bonds is 5. The van der Waals surface area contributed by atoms with Crippen LogP contribution in [0.1, 0.15) is 68.1 Å². The van der Waals surface area contributed by atoms with Crippen LogP contribution in [-0.2, 0) is 12.8 Å². The summed E-state index contributed by atoms with van der Waals surface area (Å²) in [7, 11) is 0. The standard InChI is InChI=1S/C26H37N5O/c1-3-24-23(19-21-11-6-4-7-12-21)25(28-20(2)27-24)30-15-10-16-31(18-17-30)26(32)29-22-13-8-5-9-14-22/h4,6-7,11-12,22H,3,5,8-10,13-19H2,1-2H3,(H,29,32). The average Bonchev–Trinajstić information content (AvgIpc) is 3.07. The number of hydrogen-bond donors (Lipinski definition) is 1. The quantitative estimate of drug-likeness (QED) is 0.752. The average molecular weight is 436 g/mol. The number of benzene rings is 1. The second-order valence-corrected chi connectivity index (χ2v) is 9.15. The van der Waals surface area contributed by atoms with Crippen LogP contribution >= 0.6 is 0 Å². The first kappa shape index (κ1) is 22.6. The number of nitrogens with zero attached hydrogens (tertiary/aromatic N) is 4. The third-order valence-electron chi connectivity index (χ3n) is 6.76. The van der Waals surface area contributed by atoms with E-state index in [1.807, 2.05) is 11.8 Å². The van der Waals surface area contributed by atoms with Crippen molar-refractivity contribution < 1.29 is 4.79 Å². The van der Waals surface area contributed by atoms with Gasteiger partial charge in [0.1, 0.15) is 11.6 Å². The van der Waals surface area contributed by atoms with Crippen LogP contribution in [0.3, 0.4) is 0 Å². The summed E-state index contributed by atoms with van der Waals surface area (Å²) >= 11 is 0. The highest BCUT2D eigenvalue weighted by Crippen LogP contribution is 2.26. The van der Waals surface area contributed by atoms with Gasteiger partial charge in [0, 0.05) is 49.9 Å². The molecule has 0 radical (unpaired) electrons. The van der Waals surface area contributed by atoms with Gasteiger partial charge < -0.3 is 15.1 Å². The molecular weight excluding hydrogens is 398 g/mol. The summed E-state index contributed by atoms with van der Waals surface area (Å²) in [5.41, 5.74) is 3.64. The predicted molar refractivity (Wildman–Crippen MR) is 129 cm³/mol. The van der Waals surface area contributed by atoms with E-state index in [4.69, 9.17) is 9.97 Å². The molecule has 0 spiro atoms. The molecule has 2 heterocycles. The topological polar surface area (TPSA) is 61.4 Å². The van der Waals surface area contributed by atoms with Crippen molar-refractivity contribution >= 4 is 11.8 Å². The van der Waals surface area contributed by atoms with Gasteiger partial charge in [-0.3, -0.25) is 0 Å². The molecule has 4 rings (SSSR count). The van der Waals surface area contributed by atoms with Crippen molar-refractivity contribution in [3.05, 3.63) is 53.0 Å². The van der Waals surface area contributed by atoms with Crippen LogP contribution in [0.2, 0.25) is 0 Å². The minimum Gasteiger partial charge on any atom is -0.354 e. The maximum atomic E-state index is 12.9. The van der Waals surface area contributed by atoms with Crippen molar-refractivity contribution in [2.75, 3.05) is 31.1 Å². The monoisotopic (exact) mass is 435 g/mol. The predicted octanol–water partition coefficient (Wildman–Crippen LogP) is 4.49. The number of carbonyl (C=O) groups excluding carboxylic acids is 1. The number of aromatic nitrogens is 2. The molecule has 2 amide bonds. The van der Waals surface area contributed by atoms with E-state index in [9.17, 15) is 4.79 Å². The van der Waals surface area contributed by atoms with Crippen LogP contribution in [0.4, 0.5) is 10.6 Å². The minimum absolute atomic E-state index is 0.108. The van der Waals surface area contributed by atoms with E-state index >= 15 is 0 Å². The molecule has 1 aromatic heterocycles. The van der Waals surface area contributed by atoms with Crippen LogP contribution < -0.4 is 10.2 Å². The van der Waals surface area contributed by atoms with Crippen LogP contribution in [0.25, 0.3) is 0 Å². The van der Waals surface area contributed by atoms with Crippen molar-refractivity contribution in [2.24, 2.45) is 0 Å². The normalized spacial score (nSPS) is 17.8. The Hall–Kier alpha value is -2.63. The molecule has 6 nitrogen and oxygen atoms in total. The van der Waals surface area contributed by atoms with Crippen LogP contribution in [0.15, 0.2) is 30.3 Å². The molecule has 0 bridgehead atoms. The molecule has 0 atom stereocenters.